The summed E-state index contributed by atoms with van der Waals surface area (Å²) in [5.74, 6) is -3.16. The fourth-order valence-corrected chi connectivity index (χ4v) is 4.49. The van der Waals surface area contributed by atoms with Crippen molar-refractivity contribution < 1.29 is 46.9 Å². The van der Waals surface area contributed by atoms with Gasteiger partial charge in [-0.25, -0.2) is 4.79 Å². The molecule has 15 heteroatoms. The molecule has 2 aromatic carbocycles. The molecule has 0 saturated carbocycles. The smallest absolute Gasteiger partial charge is 0.416 e. The Bertz CT molecular complexity index is 1290. The van der Waals surface area contributed by atoms with Crippen molar-refractivity contribution in [3.63, 3.8) is 0 Å². The monoisotopic (exact) mass is 578 g/mol. The van der Waals surface area contributed by atoms with Gasteiger partial charge in [0.15, 0.2) is 12.4 Å². The molecule has 0 unspecified atom stereocenters. The van der Waals surface area contributed by atoms with Crippen LogP contribution in [-0.2, 0) is 20.6 Å². The highest BCUT2D eigenvalue weighted by Gasteiger charge is 2.37. The van der Waals surface area contributed by atoms with E-state index in [1.54, 1.807) is 0 Å². The average Bonchev–Trinajstić information content (AvgIpc) is 3.04. The molecule has 1 heterocycles. The lowest BCUT2D eigenvalue weighted by atomic mass is 10.1. The second-order valence-corrected chi connectivity index (χ2v) is 9.03. The third-order valence-corrected chi connectivity index (χ3v) is 6.10. The SMILES string of the molecule is COc1ccc(C(F)(F)F)cc1NC(=O)CN1C(=O)S/C(=C\c2cc(Cl)c(OCC(=O)O)c(Cl)c2)C1=O. The summed E-state index contributed by atoms with van der Waals surface area (Å²) in [7, 11) is 1.20. The maximum Gasteiger partial charge on any atom is 0.416 e. The molecule has 0 aliphatic carbocycles. The van der Waals surface area contributed by atoms with Gasteiger partial charge in [0.25, 0.3) is 11.1 Å². The minimum Gasteiger partial charge on any atom is -0.495 e. The van der Waals surface area contributed by atoms with Gasteiger partial charge < -0.3 is 19.9 Å². The third-order valence-electron chi connectivity index (χ3n) is 4.63. The quantitative estimate of drug-likeness (QED) is 0.412. The van der Waals surface area contributed by atoms with Crippen LogP contribution in [0.1, 0.15) is 11.1 Å². The summed E-state index contributed by atoms with van der Waals surface area (Å²) in [6.45, 7) is -1.46. The van der Waals surface area contributed by atoms with Crippen LogP contribution in [0.15, 0.2) is 35.2 Å². The van der Waals surface area contributed by atoms with Crippen molar-refractivity contribution in [2.75, 3.05) is 25.6 Å². The van der Waals surface area contributed by atoms with Gasteiger partial charge in [-0.1, -0.05) is 23.2 Å². The molecular formula is C22H15Cl2F3N2O7S. The molecule has 3 rings (SSSR count). The van der Waals surface area contributed by atoms with Crippen LogP contribution in [0.4, 0.5) is 23.7 Å². The summed E-state index contributed by atoms with van der Waals surface area (Å²) < 4.78 is 49.1. The highest BCUT2D eigenvalue weighted by molar-refractivity contribution is 8.18. The molecule has 0 aromatic heterocycles. The van der Waals surface area contributed by atoms with Crippen LogP contribution in [0, 0.1) is 0 Å². The summed E-state index contributed by atoms with van der Waals surface area (Å²) >= 11 is 12.7. The van der Waals surface area contributed by atoms with Gasteiger partial charge in [0, 0.05) is 0 Å². The minimum absolute atomic E-state index is 0.0476. The Morgan fingerprint density at radius 2 is 1.81 bits per heavy atom. The van der Waals surface area contributed by atoms with E-state index >= 15 is 0 Å². The van der Waals surface area contributed by atoms with Crippen molar-refractivity contribution in [2.24, 2.45) is 0 Å². The first-order valence-electron chi connectivity index (χ1n) is 9.94. The van der Waals surface area contributed by atoms with Gasteiger partial charge in [-0.15, -0.1) is 0 Å². The van der Waals surface area contributed by atoms with E-state index in [0.29, 0.717) is 22.7 Å². The summed E-state index contributed by atoms with van der Waals surface area (Å²) in [5.41, 5.74) is -1.05. The second-order valence-electron chi connectivity index (χ2n) is 7.22. The number of hydrogen-bond donors (Lipinski definition) is 2. The number of rotatable bonds is 8. The van der Waals surface area contributed by atoms with Crippen LogP contribution in [0.2, 0.25) is 10.0 Å². The highest BCUT2D eigenvalue weighted by Crippen LogP contribution is 2.38. The first-order valence-corrected chi connectivity index (χ1v) is 11.5. The molecule has 1 saturated heterocycles. The molecule has 3 amide bonds. The van der Waals surface area contributed by atoms with Crippen LogP contribution >= 0.6 is 35.0 Å². The lowest BCUT2D eigenvalue weighted by Crippen LogP contribution is -2.36. The Hall–Kier alpha value is -3.42. The summed E-state index contributed by atoms with van der Waals surface area (Å²) in [6.07, 6.45) is -3.40. The molecule has 0 bridgehead atoms. The van der Waals surface area contributed by atoms with E-state index in [2.05, 4.69) is 5.32 Å². The number of methoxy groups -OCH3 is 1. The van der Waals surface area contributed by atoms with Gasteiger partial charge in [0.2, 0.25) is 5.91 Å². The van der Waals surface area contributed by atoms with Crippen LogP contribution in [0.25, 0.3) is 6.08 Å². The van der Waals surface area contributed by atoms with Crippen molar-refractivity contribution in [3.05, 3.63) is 56.4 Å². The largest absolute Gasteiger partial charge is 0.495 e. The molecule has 0 atom stereocenters. The molecule has 1 aliphatic heterocycles. The molecular weight excluding hydrogens is 564 g/mol. The number of thioether (sulfide) groups is 1. The van der Waals surface area contributed by atoms with Crippen LogP contribution < -0.4 is 14.8 Å². The normalized spacial score (nSPS) is 14.8. The molecule has 0 radical (unpaired) electrons. The van der Waals surface area contributed by atoms with Gasteiger partial charge in [-0.2, -0.15) is 13.2 Å². The first kappa shape index (κ1) is 28.2. The Balaban J connectivity index is 1.75. The number of imide groups is 1. The molecule has 9 nitrogen and oxygen atoms in total. The van der Waals surface area contributed by atoms with Crippen LogP contribution in [-0.4, -0.2) is 53.3 Å². The Kier molecular flexibility index (Phi) is 8.61. The summed E-state index contributed by atoms with van der Waals surface area (Å²) in [4.78, 5) is 48.8. The lowest BCUT2D eigenvalue weighted by molar-refractivity contribution is -0.139. The number of alkyl halides is 3. The first-order chi connectivity index (χ1) is 17.3. The third kappa shape index (κ3) is 6.87. The van der Waals surface area contributed by atoms with Gasteiger partial charge in [-0.3, -0.25) is 19.3 Å². The molecule has 196 valence electrons. The van der Waals surface area contributed by atoms with Gasteiger partial charge >= 0.3 is 12.1 Å². The zero-order valence-electron chi connectivity index (χ0n) is 18.5. The zero-order valence-corrected chi connectivity index (χ0v) is 20.8. The van der Waals surface area contributed by atoms with Crippen molar-refractivity contribution in [2.45, 2.75) is 6.18 Å². The molecule has 37 heavy (non-hydrogen) atoms. The predicted octanol–water partition coefficient (Wildman–Crippen LogP) is 5.16. The highest BCUT2D eigenvalue weighted by atomic mass is 35.5. The van der Waals surface area contributed by atoms with E-state index in [9.17, 15) is 32.3 Å². The molecule has 1 aliphatic rings. The average molecular weight is 579 g/mol. The fourth-order valence-electron chi connectivity index (χ4n) is 3.04. The maximum atomic E-state index is 13.0. The number of benzene rings is 2. The number of amides is 3. The van der Waals surface area contributed by atoms with E-state index in [-0.39, 0.29) is 37.7 Å². The van der Waals surface area contributed by atoms with Crippen molar-refractivity contribution in [1.82, 2.24) is 4.90 Å². The number of hydrogen-bond acceptors (Lipinski definition) is 7. The summed E-state index contributed by atoms with van der Waals surface area (Å²) in [5, 5.41) is 10.1. The molecule has 2 N–H and O–H groups in total. The maximum absolute atomic E-state index is 13.0. The van der Waals surface area contributed by atoms with Crippen LogP contribution in [0.3, 0.4) is 0 Å². The van der Waals surface area contributed by atoms with Crippen molar-refractivity contribution >= 4 is 69.8 Å². The number of carbonyl (C=O) groups excluding carboxylic acids is 3. The van der Waals surface area contributed by atoms with Crippen molar-refractivity contribution in [1.29, 1.82) is 0 Å². The number of carboxylic acids is 1. The second kappa shape index (κ2) is 11.3. The van der Waals surface area contributed by atoms with Crippen molar-refractivity contribution in [3.8, 4) is 11.5 Å². The molecule has 1 fully saturated rings. The summed E-state index contributed by atoms with van der Waals surface area (Å²) in [6, 6.07) is 5.12. The molecule has 0 spiro atoms. The van der Waals surface area contributed by atoms with Gasteiger partial charge in [0.05, 0.1) is 33.3 Å². The number of aliphatic carboxylic acids is 1. The number of nitrogens with one attached hydrogen (secondary N) is 1. The van der Waals surface area contributed by atoms with E-state index in [4.69, 9.17) is 37.8 Å². The standard InChI is InChI=1S/C22H15Cl2F3N2O7S/c1-35-15-3-2-11(22(25,26)27)7-14(15)28-17(30)8-29-20(33)16(37-21(29)34)6-10-4-12(23)19(13(24)5-10)36-9-18(31)32/h2-7H,8-9H2,1H3,(H,28,30)(H,31,32)/b16-6-. The van der Waals surface area contributed by atoms with Crippen LogP contribution in [0.5, 0.6) is 11.5 Å². The topological polar surface area (TPSA) is 122 Å². The fraction of sp³-hybridized carbons (Fsp3) is 0.182. The lowest BCUT2D eigenvalue weighted by Gasteiger charge is -2.16. The number of halogens is 5. The minimum atomic E-state index is -4.67. The van der Waals surface area contributed by atoms with E-state index in [1.165, 1.54) is 25.3 Å². The number of anilines is 1. The Morgan fingerprint density at radius 1 is 1.16 bits per heavy atom. The van der Waals surface area contributed by atoms with E-state index < -0.39 is 47.9 Å². The Labute approximate surface area is 221 Å². The number of carbonyl (C=O) groups is 4. The Morgan fingerprint density at radius 3 is 2.38 bits per heavy atom. The van der Waals surface area contributed by atoms with Gasteiger partial charge in [0.1, 0.15) is 12.3 Å². The van der Waals surface area contributed by atoms with E-state index in [0.717, 1.165) is 12.1 Å². The molecule has 2 aromatic rings. The predicted molar refractivity (Wildman–Crippen MR) is 129 cm³/mol. The zero-order chi connectivity index (χ0) is 27.5. The number of nitrogens with zero attached hydrogens (tertiary/aromatic N) is 1. The number of carboxylic acid groups (broad SMARTS) is 1. The van der Waals surface area contributed by atoms with Gasteiger partial charge in [-0.05, 0) is 53.7 Å². The number of ether oxygens (including phenoxy) is 2. The van der Waals surface area contributed by atoms with E-state index in [1.807, 2.05) is 0 Å².